The molecule has 2 amide bonds. The summed E-state index contributed by atoms with van der Waals surface area (Å²) < 4.78 is 11.0. The van der Waals surface area contributed by atoms with Crippen LogP contribution in [0.15, 0.2) is 46.9 Å². The number of aromatic hydroxyl groups is 1. The van der Waals surface area contributed by atoms with Gasteiger partial charge in [0.15, 0.2) is 5.76 Å². The number of fused-ring (bicyclic) bond motifs is 1. The van der Waals surface area contributed by atoms with Crippen molar-refractivity contribution in [1.29, 1.82) is 0 Å². The van der Waals surface area contributed by atoms with Crippen molar-refractivity contribution >= 4 is 22.8 Å². The number of ether oxygens (including phenoxy) is 1. The van der Waals surface area contributed by atoms with Gasteiger partial charge < -0.3 is 25.3 Å². The Morgan fingerprint density at radius 2 is 2.00 bits per heavy atom. The first kappa shape index (κ1) is 17.3. The molecule has 1 aromatic heterocycles. The molecule has 0 saturated heterocycles. The van der Waals surface area contributed by atoms with E-state index in [9.17, 15) is 14.7 Å². The largest absolute Gasteiger partial charge is 0.507 e. The molecule has 0 aliphatic carbocycles. The van der Waals surface area contributed by atoms with E-state index in [0.29, 0.717) is 11.3 Å². The summed E-state index contributed by atoms with van der Waals surface area (Å²) >= 11 is 0. The van der Waals surface area contributed by atoms with E-state index in [1.807, 2.05) is 31.2 Å². The van der Waals surface area contributed by atoms with Gasteiger partial charge in [-0.05, 0) is 25.1 Å². The van der Waals surface area contributed by atoms with Crippen LogP contribution in [0.2, 0.25) is 0 Å². The van der Waals surface area contributed by atoms with Gasteiger partial charge in [-0.25, -0.2) is 0 Å². The van der Waals surface area contributed by atoms with Crippen LogP contribution in [0, 0.1) is 6.92 Å². The first-order chi connectivity index (χ1) is 12.5. The zero-order chi connectivity index (χ0) is 18.7. The van der Waals surface area contributed by atoms with Gasteiger partial charge in [0.2, 0.25) is 0 Å². The van der Waals surface area contributed by atoms with Gasteiger partial charge in [-0.15, -0.1) is 0 Å². The summed E-state index contributed by atoms with van der Waals surface area (Å²) in [5, 5.41) is 13.3. The number of primary amides is 1. The molecule has 0 unspecified atom stereocenters. The molecule has 0 aliphatic rings. The number of hydrogen-bond acceptors (Lipinski definition) is 5. The molecule has 26 heavy (non-hydrogen) atoms. The third-order valence-corrected chi connectivity index (χ3v) is 3.94. The minimum Gasteiger partial charge on any atom is -0.507 e. The fraction of sp³-hybridized carbons (Fsp3) is 0.158. The average molecular weight is 354 g/mol. The smallest absolute Gasteiger partial charge is 0.287 e. The molecule has 3 aromatic rings. The molecule has 7 nitrogen and oxygen atoms in total. The number of benzene rings is 2. The maximum atomic E-state index is 12.3. The molecular weight excluding hydrogens is 336 g/mol. The number of furan rings is 1. The highest BCUT2D eigenvalue weighted by Crippen LogP contribution is 2.25. The maximum Gasteiger partial charge on any atom is 0.287 e. The molecular formula is C19H18N2O5. The highest BCUT2D eigenvalue weighted by atomic mass is 16.5. The summed E-state index contributed by atoms with van der Waals surface area (Å²) in [5.74, 6) is -0.662. The summed E-state index contributed by atoms with van der Waals surface area (Å²) in [7, 11) is 0. The summed E-state index contributed by atoms with van der Waals surface area (Å²) in [5.41, 5.74) is 6.58. The van der Waals surface area contributed by atoms with Gasteiger partial charge in [-0.1, -0.05) is 18.2 Å². The van der Waals surface area contributed by atoms with E-state index in [0.717, 1.165) is 10.9 Å². The van der Waals surface area contributed by atoms with Crippen molar-refractivity contribution in [3.63, 3.8) is 0 Å². The number of rotatable bonds is 6. The highest BCUT2D eigenvalue weighted by Gasteiger charge is 2.16. The van der Waals surface area contributed by atoms with Crippen molar-refractivity contribution in [2.24, 2.45) is 5.73 Å². The molecule has 0 saturated carbocycles. The number of aryl methyl sites for hydroxylation is 1. The lowest BCUT2D eigenvalue weighted by Gasteiger charge is -2.08. The standard InChI is InChI=1S/C19H18N2O5/c1-11-13-4-2-3-5-16(13)26-17(11)19(24)21-8-9-25-12-6-7-14(18(20)23)15(22)10-12/h2-7,10,22H,8-9H2,1H3,(H2,20,23)(H,21,24). The van der Waals surface area contributed by atoms with Crippen LogP contribution in [-0.2, 0) is 0 Å². The number of carbonyl (C=O) groups is 2. The predicted octanol–water partition coefficient (Wildman–Crippen LogP) is 2.35. The molecule has 7 heteroatoms. The van der Waals surface area contributed by atoms with Gasteiger partial charge in [0.25, 0.3) is 11.8 Å². The molecule has 0 bridgehead atoms. The third kappa shape index (κ3) is 3.46. The molecule has 0 atom stereocenters. The lowest BCUT2D eigenvalue weighted by Crippen LogP contribution is -2.28. The molecule has 1 heterocycles. The van der Waals surface area contributed by atoms with E-state index >= 15 is 0 Å². The quantitative estimate of drug-likeness (QED) is 0.588. The maximum absolute atomic E-state index is 12.3. The lowest BCUT2D eigenvalue weighted by molar-refractivity contribution is 0.0919. The molecule has 134 valence electrons. The van der Waals surface area contributed by atoms with E-state index in [4.69, 9.17) is 14.9 Å². The van der Waals surface area contributed by atoms with Crippen LogP contribution in [-0.4, -0.2) is 30.1 Å². The van der Waals surface area contributed by atoms with Crippen LogP contribution in [0.5, 0.6) is 11.5 Å². The van der Waals surface area contributed by atoms with Crippen LogP contribution >= 0.6 is 0 Å². The number of carbonyl (C=O) groups excluding carboxylic acids is 2. The minimum absolute atomic E-state index is 0.0195. The molecule has 0 radical (unpaired) electrons. The third-order valence-electron chi connectivity index (χ3n) is 3.94. The monoisotopic (exact) mass is 354 g/mol. The number of para-hydroxylation sites is 1. The zero-order valence-electron chi connectivity index (χ0n) is 14.1. The summed E-state index contributed by atoms with van der Waals surface area (Å²) in [6.45, 7) is 2.26. The summed E-state index contributed by atoms with van der Waals surface area (Å²) in [6.07, 6.45) is 0. The molecule has 0 spiro atoms. The first-order valence-corrected chi connectivity index (χ1v) is 7.99. The van der Waals surface area contributed by atoms with E-state index in [2.05, 4.69) is 5.32 Å². The first-order valence-electron chi connectivity index (χ1n) is 7.99. The van der Waals surface area contributed by atoms with Gasteiger partial charge in [-0.2, -0.15) is 0 Å². The SMILES string of the molecule is Cc1c(C(=O)NCCOc2ccc(C(N)=O)c(O)c2)oc2ccccc12. The van der Waals surface area contributed by atoms with Crippen LogP contribution in [0.25, 0.3) is 11.0 Å². The Labute approximate surface area is 149 Å². The van der Waals surface area contributed by atoms with Gasteiger partial charge >= 0.3 is 0 Å². The Hall–Kier alpha value is -3.48. The van der Waals surface area contributed by atoms with E-state index < -0.39 is 5.91 Å². The van der Waals surface area contributed by atoms with Crippen LogP contribution in [0.1, 0.15) is 26.5 Å². The molecule has 0 aliphatic heterocycles. The second kappa shape index (κ2) is 7.18. The molecule has 2 aromatic carbocycles. The Balaban J connectivity index is 1.56. The molecule has 3 rings (SSSR count). The van der Waals surface area contributed by atoms with Gasteiger partial charge in [-0.3, -0.25) is 9.59 Å². The van der Waals surface area contributed by atoms with E-state index in [1.165, 1.54) is 18.2 Å². The van der Waals surface area contributed by atoms with Gasteiger partial charge in [0.05, 0.1) is 12.1 Å². The summed E-state index contributed by atoms with van der Waals surface area (Å²) in [6, 6.07) is 11.6. The number of amides is 2. The second-order valence-corrected chi connectivity index (χ2v) is 5.70. The van der Waals surface area contributed by atoms with Crippen LogP contribution in [0.4, 0.5) is 0 Å². The Bertz CT molecular complexity index is 977. The van der Waals surface area contributed by atoms with Gasteiger partial charge in [0.1, 0.15) is 23.7 Å². The van der Waals surface area contributed by atoms with Crippen LogP contribution in [0.3, 0.4) is 0 Å². The molecule has 0 fully saturated rings. The Morgan fingerprint density at radius 1 is 1.23 bits per heavy atom. The number of hydrogen-bond donors (Lipinski definition) is 3. The lowest BCUT2D eigenvalue weighted by atomic mass is 10.1. The van der Waals surface area contributed by atoms with E-state index in [1.54, 1.807) is 0 Å². The zero-order valence-corrected chi connectivity index (χ0v) is 14.1. The van der Waals surface area contributed by atoms with Gasteiger partial charge in [0, 0.05) is 17.0 Å². The second-order valence-electron chi connectivity index (χ2n) is 5.70. The highest BCUT2D eigenvalue weighted by molar-refractivity contribution is 5.98. The number of nitrogens with two attached hydrogens (primary N) is 1. The van der Waals surface area contributed by atoms with Crippen molar-refractivity contribution in [2.75, 3.05) is 13.2 Å². The fourth-order valence-electron chi connectivity index (χ4n) is 2.61. The van der Waals surface area contributed by atoms with Crippen molar-refractivity contribution in [3.8, 4) is 11.5 Å². The number of nitrogens with one attached hydrogen (secondary N) is 1. The Kier molecular flexibility index (Phi) is 4.79. The average Bonchev–Trinajstić information content (AvgIpc) is 2.95. The van der Waals surface area contributed by atoms with Crippen LogP contribution < -0.4 is 15.8 Å². The molecule has 4 N–H and O–H groups in total. The summed E-state index contributed by atoms with van der Waals surface area (Å²) in [4.78, 5) is 23.3. The van der Waals surface area contributed by atoms with Crippen molar-refractivity contribution in [3.05, 3.63) is 59.4 Å². The topological polar surface area (TPSA) is 115 Å². The Morgan fingerprint density at radius 3 is 2.69 bits per heavy atom. The number of phenols is 1. The van der Waals surface area contributed by atoms with Crippen molar-refractivity contribution in [2.45, 2.75) is 6.92 Å². The predicted molar refractivity (Wildman–Crippen MR) is 95.4 cm³/mol. The van der Waals surface area contributed by atoms with Crippen molar-refractivity contribution in [1.82, 2.24) is 5.32 Å². The van der Waals surface area contributed by atoms with E-state index in [-0.39, 0.29) is 36.1 Å². The minimum atomic E-state index is -0.720. The fourth-order valence-corrected chi connectivity index (χ4v) is 2.61. The van der Waals surface area contributed by atoms with Crippen molar-refractivity contribution < 1.29 is 23.8 Å². The normalized spacial score (nSPS) is 10.7.